The van der Waals surface area contributed by atoms with E-state index in [0.29, 0.717) is 27.0 Å². The van der Waals surface area contributed by atoms with Crippen molar-refractivity contribution >= 4 is 23.8 Å². The molecule has 0 bridgehead atoms. The average molecular weight is 325 g/mol. The number of aromatic nitrogens is 2. The second kappa shape index (κ2) is 6.45. The highest BCUT2D eigenvalue weighted by Crippen LogP contribution is 2.38. The number of aromatic amines is 1. The number of rotatable bonds is 4. The van der Waals surface area contributed by atoms with Gasteiger partial charge in [-0.15, -0.1) is 0 Å². The molecule has 2 aromatic rings. The molecule has 0 atom stereocenters. The van der Waals surface area contributed by atoms with Crippen molar-refractivity contribution in [3.8, 4) is 22.9 Å². The maximum Gasteiger partial charge on any atom is 0.179 e. The van der Waals surface area contributed by atoms with E-state index in [-0.39, 0.29) is 0 Å². The molecule has 0 saturated heterocycles. The van der Waals surface area contributed by atoms with Crippen molar-refractivity contribution in [2.24, 2.45) is 0 Å². The lowest BCUT2D eigenvalue weighted by Crippen LogP contribution is -2.00. The Morgan fingerprint density at radius 1 is 1.29 bits per heavy atom. The molecular formula is C15H17ClN2O2S. The van der Waals surface area contributed by atoms with E-state index in [9.17, 15) is 0 Å². The lowest BCUT2D eigenvalue weighted by Gasteiger charge is -2.13. The van der Waals surface area contributed by atoms with Crippen LogP contribution in [0.5, 0.6) is 11.5 Å². The molecule has 0 aliphatic rings. The van der Waals surface area contributed by atoms with E-state index < -0.39 is 0 Å². The summed E-state index contributed by atoms with van der Waals surface area (Å²) < 4.78 is 11.1. The van der Waals surface area contributed by atoms with Crippen molar-refractivity contribution < 1.29 is 9.47 Å². The number of methoxy groups -OCH3 is 2. The van der Waals surface area contributed by atoms with Crippen LogP contribution in [0.25, 0.3) is 11.4 Å². The molecule has 1 aromatic heterocycles. The molecule has 0 saturated carbocycles. The number of hydrogen-bond acceptors (Lipinski definition) is 4. The summed E-state index contributed by atoms with van der Waals surface area (Å²) in [6, 6.07) is 3.61. The molecule has 2 rings (SSSR count). The van der Waals surface area contributed by atoms with Crippen LogP contribution in [-0.2, 0) is 6.42 Å². The SMILES string of the molecule is CCc1[nH]c(-c2cc(Cl)c(OC)c(OC)c2)nc(=S)c1C. The van der Waals surface area contributed by atoms with Crippen LogP contribution in [0.3, 0.4) is 0 Å². The van der Waals surface area contributed by atoms with Crippen LogP contribution in [0.4, 0.5) is 0 Å². The first-order chi connectivity index (χ1) is 10.0. The van der Waals surface area contributed by atoms with Gasteiger partial charge in [0.05, 0.1) is 19.2 Å². The van der Waals surface area contributed by atoms with Gasteiger partial charge in [-0.3, -0.25) is 0 Å². The van der Waals surface area contributed by atoms with Gasteiger partial charge < -0.3 is 14.5 Å². The van der Waals surface area contributed by atoms with E-state index in [1.807, 2.05) is 13.0 Å². The van der Waals surface area contributed by atoms with Gasteiger partial charge in [-0.1, -0.05) is 30.7 Å². The first-order valence-corrected chi connectivity index (χ1v) is 7.32. The third-order valence-corrected chi connectivity index (χ3v) is 3.99. The summed E-state index contributed by atoms with van der Waals surface area (Å²) in [5.41, 5.74) is 2.87. The number of hydrogen-bond donors (Lipinski definition) is 1. The molecule has 1 N–H and O–H groups in total. The summed E-state index contributed by atoms with van der Waals surface area (Å²) >= 11 is 11.6. The minimum Gasteiger partial charge on any atom is -0.493 e. The van der Waals surface area contributed by atoms with Crippen LogP contribution < -0.4 is 9.47 Å². The number of nitrogens with one attached hydrogen (secondary N) is 1. The van der Waals surface area contributed by atoms with Gasteiger partial charge >= 0.3 is 0 Å². The van der Waals surface area contributed by atoms with Crippen molar-refractivity contribution in [3.05, 3.63) is 33.1 Å². The standard InChI is InChI=1S/C15H17ClN2O2S/c1-5-11-8(2)15(21)18-14(17-11)9-6-10(16)13(20-4)12(7-9)19-3/h6-7H,5H2,1-4H3,(H,17,18,21). The monoisotopic (exact) mass is 324 g/mol. The molecule has 1 heterocycles. The fraction of sp³-hybridized carbons (Fsp3) is 0.333. The Balaban J connectivity index is 2.65. The van der Waals surface area contributed by atoms with E-state index in [1.54, 1.807) is 20.3 Å². The molecule has 0 amide bonds. The predicted octanol–water partition coefficient (Wildman–Crippen LogP) is 4.35. The van der Waals surface area contributed by atoms with Crippen LogP contribution >= 0.6 is 23.8 Å². The number of halogens is 1. The average Bonchev–Trinajstić information content (AvgIpc) is 2.48. The van der Waals surface area contributed by atoms with Gasteiger partial charge in [0.2, 0.25) is 0 Å². The summed E-state index contributed by atoms with van der Waals surface area (Å²) in [7, 11) is 3.12. The lowest BCUT2D eigenvalue weighted by molar-refractivity contribution is 0.355. The van der Waals surface area contributed by atoms with E-state index in [2.05, 4.69) is 16.9 Å². The van der Waals surface area contributed by atoms with Crippen molar-refractivity contribution in [3.63, 3.8) is 0 Å². The van der Waals surface area contributed by atoms with Crippen LogP contribution in [0.2, 0.25) is 5.02 Å². The summed E-state index contributed by atoms with van der Waals surface area (Å²) in [5, 5.41) is 0.464. The maximum atomic E-state index is 6.24. The summed E-state index contributed by atoms with van der Waals surface area (Å²) in [6.45, 7) is 4.04. The number of nitrogens with zero attached hydrogens (tertiary/aromatic N) is 1. The molecule has 4 nitrogen and oxygen atoms in total. The predicted molar refractivity (Wildman–Crippen MR) is 87.1 cm³/mol. The molecule has 0 radical (unpaired) electrons. The second-order valence-corrected chi connectivity index (χ2v) is 5.34. The lowest BCUT2D eigenvalue weighted by atomic mass is 10.1. The van der Waals surface area contributed by atoms with Crippen LogP contribution in [-0.4, -0.2) is 24.2 Å². The van der Waals surface area contributed by atoms with Crippen LogP contribution in [0, 0.1) is 11.6 Å². The van der Waals surface area contributed by atoms with Crippen LogP contribution in [0.15, 0.2) is 12.1 Å². The topological polar surface area (TPSA) is 47.1 Å². The summed E-state index contributed by atoms with van der Waals surface area (Å²) in [5.74, 6) is 1.73. The van der Waals surface area contributed by atoms with Gasteiger partial charge in [0, 0.05) is 16.8 Å². The molecule has 112 valence electrons. The smallest absolute Gasteiger partial charge is 0.179 e. The molecular weight excluding hydrogens is 308 g/mol. The van der Waals surface area contributed by atoms with Crippen molar-refractivity contribution in [1.29, 1.82) is 0 Å². The Labute approximate surface area is 134 Å². The van der Waals surface area contributed by atoms with Gasteiger partial charge in [-0.25, -0.2) is 4.98 Å². The fourth-order valence-electron chi connectivity index (χ4n) is 2.12. The van der Waals surface area contributed by atoms with E-state index in [1.165, 1.54) is 0 Å². The second-order valence-electron chi connectivity index (χ2n) is 4.54. The molecule has 0 spiro atoms. The first-order valence-electron chi connectivity index (χ1n) is 6.53. The Morgan fingerprint density at radius 2 is 2.00 bits per heavy atom. The van der Waals surface area contributed by atoms with Gasteiger partial charge in [0.25, 0.3) is 0 Å². The first kappa shape index (κ1) is 15.8. The van der Waals surface area contributed by atoms with Crippen LogP contribution in [0.1, 0.15) is 18.2 Å². The minimum absolute atomic E-state index is 0.464. The Bertz CT molecular complexity index is 728. The molecule has 0 unspecified atom stereocenters. The Kier molecular flexibility index (Phi) is 4.85. The van der Waals surface area contributed by atoms with Gasteiger partial charge in [-0.05, 0) is 25.5 Å². The van der Waals surface area contributed by atoms with Crippen molar-refractivity contribution in [2.75, 3.05) is 14.2 Å². The number of H-pyrrole nitrogens is 1. The quantitative estimate of drug-likeness (QED) is 0.849. The zero-order valence-corrected chi connectivity index (χ0v) is 14.0. The van der Waals surface area contributed by atoms with Gasteiger partial charge in [0.15, 0.2) is 11.5 Å². The van der Waals surface area contributed by atoms with Crippen molar-refractivity contribution in [2.45, 2.75) is 20.3 Å². The summed E-state index contributed by atoms with van der Waals surface area (Å²) in [4.78, 5) is 7.73. The zero-order chi connectivity index (χ0) is 15.6. The third kappa shape index (κ3) is 3.04. The largest absolute Gasteiger partial charge is 0.493 e. The fourth-order valence-corrected chi connectivity index (χ4v) is 2.63. The molecule has 6 heteroatoms. The molecule has 0 aliphatic heterocycles. The molecule has 1 aromatic carbocycles. The van der Waals surface area contributed by atoms with Gasteiger partial charge in [0.1, 0.15) is 10.5 Å². The Hall–Kier alpha value is -1.59. The molecule has 0 aliphatic carbocycles. The molecule has 0 fully saturated rings. The van der Waals surface area contributed by atoms with Gasteiger partial charge in [-0.2, -0.15) is 0 Å². The maximum absolute atomic E-state index is 6.24. The van der Waals surface area contributed by atoms with E-state index in [0.717, 1.165) is 23.2 Å². The Morgan fingerprint density at radius 3 is 2.57 bits per heavy atom. The third-order valence-electron chi connectivity index (χ3n) is 3.32. The zero-order valence-electron chi connectivity index (χ0n) is 12.4. The number of aryl methyl sites for hydroxylation is 1. The van der Waals surface area contributed by atoms with E-state index >= 15 is 0 Å². The molecule has 21 heavy (non-hydrogen) atoms. The number of ether oxygens (including phenoxy) is 2. The highest BCUT2D eigenvalue weighted by atomic mass is 35.5. The highest BCUT2D eigenvalue weighted by Gasteiger charge is 2.14. The normalized spacial score (nSPS) is 10.5. The van der Waals surface area contributed by atoms with Crippen molar-refractivity contribution in [1.82, 2.24) is 9.97 Å². The minimum atomic E-state index is 0.464. The summed E-state index contributed by atoms with van der Waals surface area (Å²) in [6.07, 6.45) is 0.853. The number of benzene rings is 1. The highest BCUT2D eigenvalue weighted by molar-refractivity contribution is 7.71. The van der Waals surface area contributed by atoms with E-state index in [4.69, 9.17) is 33.3 Å².